The lowest BCUT2D eigenvalue weighted by molar-refractivity contribution is -0.181. The SMILES string of the molecule is CCOC(=O)[C@@H]1CC[C@H](OC(=O)[C@@H](OC(=O)c2ccc(C)cc2)[C@H](OC(=O)c2ccc(C)cc2)C(=O)O[C@H]2CC[C@@H](C(=O)OCC)NC2)CN1. The molecule has 2 saturated heterocycles. The minimum absolute atomic E-state index is 0.0709. The number of esters is 6. The Kier molecular flexibility index (Phi) is 13.9. The fourth-order valence-electron chi connectivity index (χ4n) is 5.43. The van der Waals surface area contributed by atoms with E-state index >= 15 is 0 Å². The lowest BCUT2D eigenvalue weighted by atomic mass is 10.0. The van der Waals surface area contributed by atoms with Crippen molar-refractivity contribution in [3.05, 3.63) is 70.8 Å². The summed E-state index contributed by atoms with van der Waals surface area (Å²) in [6.45, 7) is 7.61. The number of carbonyl (C=O) groups excluding carboxylic acids is 6. The number of hydrogen-bond acceptors (Lipinski definition) is 14. The quantitative estimate of drug-likeness (QED) is 0.230. The molecular weight excluding hydrogens is 652 g/mol. The normalized spacial score (nSPS) is 21.4. The standard InChI is InChI=1S/C36H44N2O12/c1-5-45-33(41)27-17-15-25(19-37-27)47-35(43)29(49-31(39)23-11-7-21(3)8-12-23)30(50-32(40)24-13-9-22(4)10-14-24)36(44)48-26-16-18-28(38-20-26)34(42)46-6-2/h7-14,25-30,37-38H,5-6,15-20H2,1-4H3/t25-,26-,27-,28-,29-,30-/m0/s1. The molecule has 4 rings (SSSR count). The monoisotopic (exact) mass is 696 g/mol. The van der Waals surface area contributed by atoms with Gasteiger partial charge in [-0.2, -0.15) is 0 Å². The molecule has 2 N–H and O–H groups in total. The summed E-state index contributed by atoms with van der Waals surface area (Å²) in [5.41, 5.74) is 1.87. The van der Waals surface area contributed by atoms with Crippen molar-refractivity contribution in [2.24, 2.45) is 0 Å². The van der Waals surface area contributed by atoms with Gasteiger partial charge in [-0.1, -0.05) is 35.4 Å². The molecule has 2 aromatic carbocycles. The molecule has 2 aliphatic rings. The van der Waals surface area contributed by atoms with E-state index in [1.807, 2.05) is 13.8 Å². The Morgan fingerprint density at radius 1 is 0.600 bits per heavy atom. The first-order valence-electron chi connectivity index (χ1n) is 16.7. The van der Waals surface area contributed by atoms with Crippen molar-refractivity contribution < 1.29 is 57.2 Å². The number of rotatable bonds is 13. The zero-order valence-electron chi connectivity index (χ0n) is 28.6. The van der Waals surface area contributed by atoms with E-state index in [1.54, 1.807) is 38.1 Å². The predicted octanol–water partition coefficient (Wildman–Crippen LogP) is 2.51. The van der Waals surface area contributed by atoms with Gasteiger partial charge < -0.3 is 39.1 Å². The van der Waals surface area contributed by atoms with Gasteiger partial charge in [0.15, 0.2) is 0 Å². The molecule has 270 valence electrons. The molecule has 0 amide bonds. The lowest BCUT2D eigenvalue weighted by Gasteiger charge is -2.32. The Morgan fingerprint density at radius 2 is 0.960 bits per heavy atom. The van der Waals surface area contributed by atoms with E-state index in [1.165, 1.54) is 24.3 Å². The average Bonchev–Trinajstić information content (AvgIpc) is 3.11. The van der Waals surface area contributed by atoms with Crippen LogP contribution in [0.25, 0.3) is 0 Å². The molecule has 0 radical (unpaired) electrons. The van der Waals surface area contributed by atoms with Crippen LogP contribution < -0.4 is 10.6 Å². The Bertz CT molecular complexity index is 1380. The highest BCUT2D eigenvalue weighted by Gasteiger charge is 2.45. The highest BCUT2D eigenvalue weighted by molar-refractivity contribution is 5.96. The molecule has 0 saturated carbocycles. The molecule has 0 spiro atoms. The summed E-state index contributed by atoms with van der Waals surface area (Å²) in [5, 5.41) is 5.95. The minimum Gasteiger partial charge on any atom is -0.465 e. The molecule has 0 aromatic heterocycles. The van der Waals surface area contributed by atoms with E-state index in [0.29, 0.717) is 12.8 Å². The van der Waals surface area contributed by atoms with Crippen LogP contribution in [0.1, 0.15) is 71.4 Å². The summed E-state index contributed by atoms with van der Waals surface area (Å²) in [4.78, 5) is 78.8. The van der Waals surface area contributed by atoms with Crippen molar-refractivity contribution >= 4 is 35.8 Å². The maximum atomic E-state index is 13.8. The summed E-state index contributed by atoms with van der Waals surface area (Å²) in [6.07, 6.45) is -4.60. The van der Waals surface area contributed by atoms with Crippen LogP contribution in [-0.4, -0.2) is 98.6 Å². The first-order valence-corrected chi connectivity index (χ1v) is 16.7. The van der Waals surface area contributed by atoms with Crippen LogP contribution >= 0.6 is 0 Å². The maximum Gasteiger partial charge on any atom is 0.352 e. The molecule has 0 unspecified atom stereocenters. The first kappa shape index (κ1) is 38.0. The molecule has 14 nitrogen and oxygen atoms in total. The fraction of sp³-hybridized carbons (Fsp3) is 0.500. The number of piperidine rings is 2. The molecule has 2 aliphatic heterocycles. The third kappa shape index (κ3) is 10.6. The predicted molar refractivity (Wildman–Crippen MR) is 176 cm³/mol. The van der Waals surface area contributed by atoms with Gasteiger partial charge in [0, 0.05) is 13.1 Å². The smallest absolute Gasteiger partial charge is 0.352 e. The third-order valence-electron chi connectivity index (χ3n) is 8.23. The van der Waals surface area contributed by atoms with Gasteiger partial charge in [0.05, 0.1) is 24.3 Å². The number of ether oxygens (including phenoxy) is 6. The van der Waals surface area contributed by atoms with Crippen molar-refractivity contribution in [1.82, 2.24) is 10.6 Å². The molecule has 14 heteroatoms. The topological polar surface area (TPSA) is 182 Å². The Hall–Kier alpha value is -4.82. The van der Waals surface area contributed by atoms with Crippen molar-refractivity contribution in [3.8, 4) is 0 Å². The van der Waals surface area contributed by atoms with Gasteiger partial charge in [-0.25, -0.2) is 19.2 Å². The number of benzene rings is 2. The van der Waals surface area contributed by atoms with Crippen molar-refractivity contribution in [2.75, 3.05) is 26.3 Å². The Balaban J connectivity index is 1.58. The summed E-state index contributed by atoms with van der Waals surface area (Å²) >= 11 is 0. The lowest BCUT2D eigenvalue weighted by Crippen LogP contribution is -2.53. The van der Waals surface area contributed by atoms with Crippen LogP contribution in [0.5, 0.6) is 0 Å². The summed E-state index contributed by atoms with van der Waals surface area (Å²) in [6, 6.07) is 11.4. The number of hydrogen-bond donors (Lipinski definition) is 2. The van der Waals surface area contributed by atoms with Gasteiger partial charge in [0.25, 0.3) is 0 Å². The zero-order chi connectivity index (χ0) is 36.2. The average molecular weight is 697 g/mol. The molecule has 0 aliphatic carbocycles. The van der Waals surface area contributed by atoms with E-state index in [9.17, 15) is 28.8 Å². The molecule has 0 bridgehead atoms. The van der Waals surface area contributed by atoms with E-state index < -0.39 is 72.3 Å². The van der Waals surface area contributed by atoms with Crippen molar-refractivity contribution in [2.45, 2.75) is 89.9 Å². The van der Waals surface area contributed by atoms with Gasteiger partial charge >= 0.3 is 35.8 Å². The fourth-order valence-corrected chi connectivity index (χ4v) is 5.43. The molecule has 50 heavy (non-hydrogen) atoms. The second-order valence-corrected chi connectivity index (χ2v) is 12.1. The van der Waals surface area contributed by atoms with Crippen LogP contribution in [0.15, 0.2) is 48.5 Å². The van der Waals surface area contributed by atoms with Gasteiger partial charge in [-0.05, 0) is 77.6 Å². The summed E-state index contributed by atoms with van der Waals surface area (Å²) in [5.74, 6) is -5.13. The first-order chi connectivity index (χ1) is 24.0. The highest BCUT2D eigenvalue weighted by atomic mass is 16.6. The molecule has 2 fully saturated rings. The minimum atomic E-state index is -2.07. The van der Waals surface area contributed by atoms with E-state index in [-0.39, 0.29) is 50.3 Å². The largest absolute Gasteiger partial charge is 0.465 e. The molecule has 6 atom stereocenters. The third-order valence-corrected chi connectivity index (χ3v) is 8.23. The van der Waals surface area contributed by atoms with Gasteiger partial charge in [0.2, 0.25) is 12.2 Å². The van der Waals surface area contributed by atoms with E-state index in [0.717, 1.165) is 11.1 Å². The van der Waals surface area contributed by atoms with E-state index in [4.69, 9.17) is 28.4 Å². The number of carbonyl (C=O) groups is 6. The Labute approximate surface area is 290 Å². The van der Waals surface area contributed by atoms with Crippen molar-refractivity contribution in [3.63, 3.8) is 0 Å². The Morgan fingerprint density at radius 3 is 1.26 bits per heavy atom. The number of aryl methyl sites for hydroxylation is 2. The van der Waals surface area contributed by atoms with Crippen LogP contribution in [0.4, 0.5) is 0 Å². The van der Waals surface area contributed by atoms with Gasteiger partial charge in [-0.3, -0.25) is 9.59 Å². The highest BCUT2D eigenvalue weighted by Crippen LogP contribution is 2.21. The summed E-state index contributed by atoms with van der Waals surface area (Å²) in [7, 11) is 0. The van der Waals surface area contributed by atoms with Crippen LogP contribution in [0.3, 0.4) is 0 Å². The van der Waals surface area contributed by atoms with E-state index in [2.05, 4.69) is 10.6 Å². The second-order valence-electron chi connectivity index (χ2n) is 12.1. The number of nitrogens with one attached hydrogen (secondary N) is 2. The summed E-state index contributed by atoms with van der Waals surface area (Å²) < 4.78 is 32.7. The van der Waals surface area contributed by atoms with Crippen LogP contribution in [0.2, 0.25) is 0 Å². The van der Waals surface area contributed by atoms with Gasteiger partial charge in [-0.15, -0.1) is 0 Å². The van der Waals surface area contributed by atoms with Crippen molar-refractivity contribution in [1.29, 1.82) is 0 Å². The van der Waals surface area contributed by atoms with Crippen LogP contribution in [-0.2, 0) is 47.6 Å². The van der Waals surface area contributed by atoms with Crippen LogP contribution in [0, 0.1) is 13.8 Å². The molecular formula is C36H44N2O12. The molecule has 2 aromatic rings. The maximum absolute atomic E-state index is 13.8. The second kappa shape index (κ2) is 18.3. The van der Waals surface area contributed by atoms with Gasteiger partial charge in [0.1, 0.15) is 24.3 Å². The molecule has 2 heterocycles. The zero-order valence-corrected chi connectivity index (χ0v) is 28.6.